The first kappa shape index (κ1) is 20.1. The molecule has 1 atom stereocenters. The van der Waals surface area contributed by atoms with Crippen molar-refractivity contribution >= 4 is 18.2 Å². The van der Waals surface area contributed by atoms with Crippen molar-refractivity contribution in [3.8, 4) is 0 Å². The average molecular weight is 344 g/mol. The summed E-state index contributed by atoms with van der Waals surface area (Å²) in [5.74, 6) is -0.626. The van der Waals surface area contributed by atoms with Crippen molar-refractivity contribution in [3.63, 3.8) is 0 Å². The number of ether oxygens (including phenoxy) is 2. The zero-order chi connectivity index (χ0) is 18.8. The molecule has 1 unspecified atom stereocenters. The van der Waals surface area contributed by atoms with Gasteiger partial charge in [-0.05, 0) is 54.9 Å². The number of hydroxylamine groups is 1. The van der Waals surface area contributed by atoms with E-state index in [4.69, 9.17) is 14.3 Å². The third-order valence-corrected chi connectivity index (χ3v) is 3.24. The lowest BCUT2D eigenvalue weighted by Crippen LogP contribution is -2.41. The first-order chi connectivity index (χ1) is 10.7. The Morgan fingerprint density at radius 1 is 1.00 bits per heavy atom. The van der Waals surface area contributed by atoms with Gasteiger partial charge < -0.3 is 19.2 Å². The molecule has 0 aliphatic carbocycles. The Balaban J connectivity index is 2.54. The highest BCUT2D eigenvalue weighted by atomic mass is 16.7. The normalized spacial score (nSPS) is 21.2. The minimum Gasteiger partial charge on any atom is -0.444 e. The van der Waals surface area contributed by atoms with Crippen LogP contribution in [0.4, 0.5) is 9.59 Å². The van der Waals surface area contributed by atoms with Gasteiger partial charge in [0.05, 0.1) is 5.41 Å². The molecule has 24 heavy (non-hydrogen) atoms. The van der Waals surface area contributed by atoms with Crippen LogP contribution in [0, 0.1) is 5.41 Å². The molecule has 1 heterocycles. The van der Waals surface area contributed by atoms with Crippen LogP contribution in [0.5, 0.6) is 0 Å². The molecule has 0 radical (unpaired) electrons. The predicted molar refractivity (Wildman–Crippen MR) is 86.0 cm³/mol. The van der Waals surface area contributed by atoms with E-state index < -0.39 is 34.8 Å². The SMILES string of the molecule is CC(C)(C)OC(=O)NOC(=O)C1(C)CCN(C(=O)OC(C)(C)C)C1. The van der Waals surface area contributed by atoms with Gasteiger partial charge in [0.25, 0.3) is 0 Å². The lowest BCUT2D eigenvalue weighted by Gasteiger charge is -2.26. The van der Waals surface area contributed by atoms with E-state index in [1.807, 2.05) is 5.48 Å². The molecule has 0 aromatic heterocycles. The number of likely N-dealkylation sites (tertiary alicyclic amines) is 1. The van der Waals surface area contributed by atoms with Crippen molar-refractivity contribution in [1.29, 1.82) is 0 Å². The molecule has 8 nitrogen and oxygen atoms in total. The number of hydrogen-bond acceptors (Lipinski definition) is 6. The summed E-state index contributed by atoms with van der Waals surface area (Å²) in [6.45, 7) is 12.7. The summed E-state index contributed by atoms with van der Waals surface area (Å²) >= 11 is 0. The predicted octanol–water partition coefficient (Wildman–Crippen LogP) is 2.62. The van der Waals surface area contributed by atoms with Crippen LogP contribution >= 0.6 is 0 Å². The molecule has 0 spiro atoms. The van der Waals surface area contributed by atoms with Gasteiger partial charge in [-0.15, -0.1) is 5.48 Å². The molecular weight excluding hydrogens is 316 g/mol. The van der Waals surface area contributed by atoms with Gasteiger partial charge in [0.2, 0.25) is 0 Å². The Kier molecular flexibility index (Phi) is 5.74. The number of rotatable bonds is 1. The Morgan fingerprint density at radius 3 is 2.04 bits per heavy atom. The van der Waals surface area contributed by atoms with Gasteiger partial charge in [0.15, 0.2) is 0 Å². The molecule has 1 aliphatic heterocycles. The Morgan fingerprint density at radius 2 is 1.54 bits per heavy atom. The van der Waals surface area contributed by atoms with Crippen LogP contribution < -0.4 is 5.48 Å². The first-order valence-corrected chi connectivity index (χ1v) is 7.90. The van der Waals surface area contributed by atoms with E-state index in [0.717, 1.165) is 0 Å². The van der Waals surface area contributed by atoms with Crippen LogP contribution in [0.1, 0.15) is 54.9 Å². The number of hydrogen-bond donors (Lipinski definition) is 1. The maximum Gasteiger partial charge on any atom is 0.441 e. The van der Waals surface area contributed by atoms with Crippen molar-refractivity contribution in [2.24, 2.45) is 5.41 Å². The highest BCUT2D eigenvalue weighted by Gasteiger charge is 2.45. The number of carbonyl (C=O) groups excluding carboxylic acids is 3. The number of amides is 2. The van der Waals surface area contributed by atoms with Crippen LogP contribution in [0.15, 0.2) is 0 Å². The van der Waals surface area contributed by atoms with Gasteiger partial charge >= 0.3 is 18.2 Å². The molecule has 1 saturated heterocycles. The summed E-state index contributed by atoms with van der Waals surface area (Å²) in [5, 5.41) is 0. The second-order valence-corrected chi connectivity index (χ2v) is 8.21. The molecule has 1 fully saturated rings. The molecule has 0 aromatic rings. The molecule has 0 aromatic carbocycles. The van der Waals surface area contributed by atoms with Crippen molar-refractivity contribution in [2.45, 2.75) is 66.1 Å². The maximum atomic E-state index is 12.2. The third kappa shape index (κ3) is 6.25. The molecule has 1 N–H and O–H groups in total. The topological polar surface area (TPSA) is 94.2 Å². The average Bonchev–Trinajstić information content (AvgIpc) is 2.76. The molecule has 0 bridgehead atoms. The van der Waals surface area contributed by atoms with E-state index >= 15 is 0 Å². The van der Waals surface area contributed by atoms with Gasteiger partial charge in [0.1, 0.15) is 11.2 Å². The highest BCUT2D eigenvalue weighted by molar-refractivity contribution is 5.80. The standard InChI is InChI=1S/C16H28N2O6/c1-14(2,3)22-12(20)17-24-11(19)16(7)8-9-18(10-16)13(21)23-15(4,5)6/h8-10H2,1-7H3,(H,17,20). The molecule has 0 saturated carbocycles. The van der Waals surface area contributed by atoms with Crippen LogP contribution in [0.25, 0.3) is 0 Å². The molecule has 1 rings (SSSR count). The van der Waals surface area contributed by atoms with Gasteiger partial charge in [-0.2, -0.15) is 0 Å². The fourth-order valence-corrected chi connectivity index (χ4v) is 2.12. The largest absolute Gasteiger partial charge is 0.444 e. The minimum atomic E-state index is -0.911. The second kappa shape index (κ2) is 6.86. The van der Waals surface area contributed by atoms with Crippen molar-refractivity contribution in [3.05, 3.63) is 0 Å². The summed E-state index contributed by atoms with van der Waals surface area (Å²) in [4.78, 5) is 42.1. The van der Waals surface area contributed by atoms with Crippen LogP contribution in [-0.4, -0.2) is 47.3 Å². The van der Waals surface area contributed by atoms with E-state index in [-0.39, 0.29) is 6.54 Å². The maximum absolute atomic E-state index is 12.2. The second-order valence-electron chi connectivity index (χ2n) is 8.21. The van der Waals surface area contributed by atoms with Crippen LogP contribution in [0.2, 0.25) is 0 Å². The van der Waals surface area contributed by atoms with Crippen LogP contribution in [-0.2, 0) is 19.1 Å². The Labute approximate surface area is 142 Å². The molecular formula is C16H28N2O6. The zero-order valence-corrected chi connectivity index (χ0v) is 15.5. The summed E-state index contributed by atoms with van der Waals surface area (Å²) in [6, 6.07) is 0. The van der Waals surface area contributed by atoms with Crippen molar-refractivity contribution in [1.82, 2.24) is 10.4 Å². The van der Waals surface area contributed by atoms with Crippen LogP contribution in [0.3, 0.4) is 0 Å². The number of carbonyl (C=O) groups is 3. The van der Waals surface area contributed by atoms with E-state index in [2.05, 4.69) is 0 Å². The summed E-state index contributed by atoms with van der Waals surface area (Å²) in [5.41, 5.74) is -0.228. The lowest BCUT2D eigenvalue weighted by molar-refractivity contribution is -0.161. The van der Waals surface area contributed by atoms with Crippen molar-refractivity contribution in [2.75, 3.05) is 13.1 Å². The van der Waals surface area contributed by atoms with E-state index in [1.54, 1.807) is 48.5 Å². The third-order valence-electron chi connectivity index (χ3n) is 3.24. The Hall–Kier alpha value is -1.99. The van der Waals surface area contributed by atoms with Gasteiger partial charge in [-0.1, -0.05) is 0 Å². The summed E-state index contributed by atoms with van der Waals surface area (Å²) < 4.78 is 10.3. The number of nitrogens with zero attached hydrogens (tertiary/aromatic N) is 1. The number of nitrogens with one attached hydrogen (secondary N) is 1. The van der Waals surface area contributed by atoms with Gasteiger partial charge in [0, 0.05) is 13.1 Å². The molecule has 8 heteroatoms. The van der Waals surface area contributed by atoms with Crippen molar-refractivity contribution < 1.29 is 28.7 Å². The monoisotopic (exact) mass is 344 g/mol. The summed E-state index contributed by atoms with van der Waals surface area (Å²) in [7, 11) is 0. The molecule has 138 valence electrons. The zero-order valence-electron chi connectivity index (χ0n) is 15.5. The minimum absolute atomic E-state index is 0.163. The fourth-order valence-electron chi connectivity index (χ4n) is 2.12. The van der Waals surface area contributed by atoms with E-state index in [0.29, 0.717) is 13.0 Å². The van der Waals surface area contributed by atoms with Gasteiger partial charge in [-0.25, -0.2) is 14.4 Å². The molecule has 1 aliphatic rings. The van der Waals surface area contributed by atoms with E-state index in [1.165, 1.54) is 4.90 Å². The summed E-state index contributed by atoms with van der Waals surface area (Å²) in [6.07, 6.45) is -0.901. The lowest BCUT2D eigenvalue weighted by atomic mass is 9.90. The first-order valence-electron chi connectivity index (χ1n) is 7.90. The van der Waals surface area contributed by atoms with Gasteiger partial charge in [-0.3, -0.25) is 0 Å². The highest BCUT2D eigenvalue weighted by Crippen LogP contribution is 2.32. The smallest absolute Gasteiger partial charge is 0.441 e. The van der Waals surface area contributed by atoms with E-state index in [9.17, 15) is 14.4 Å². The quantitative estimate of drug-likeness (QED) is 0.580. The fraction of sp³-hybridized carbons (Fsp3) is 0.812. The molecule has 2 amide bonds. The Bertz CT molecular complexity index is 506.